The van der Waals surface area contributed by atoms with Crippen molar-refractivity contribution >= 4 is 17.3 Å². The Balaban J connectivity index is 1.30. The van der Waals surface area contributed by atoms with Gasteiger partial charge < -0.3 is 20.6 Å². The summed E-state index contributed by atoms with van der Waals surface area (Å²) >= 11 is 0. The zero-order chi connectivity index (χ0) is 24.9. The highest BCUT2D eigenvalue weighted by atomic mass is 16.3. The number of nitrogen functional groups attached to an aromatic ring is 1. The van der Waals surface area contributed by atoms with Crippen LogP contribution in [0.1, 0.15) is 31.5 Å². The first kappa shape index (κ1) is 23.8. The fraction of sp³-hybridized carbons (Fsp3) is 0.407. The lowest BCUT2D eigenvalue weighted by Gasteiger charge is -2.28. The highest BCUT2D eigenvalue weighted by molar-refractivity contribution is 5.74. The number of nitrogens with zero attached hydrogens (tertiary/aromatic N) is 7. The fourth-order valence-electron chi connectivity index (χ4n) is 4.84. The van der Waals surface area contributed by atoms with Gasteiger partial charge in [0.25, 0.3) is 0 Å². The van der Waals surface area contributed by atoms with Gasteiger partial charge in [-0.25, -0.2) is 9.97 Å². The van der Waals surface area contributed by atoms with Crippen molar-refractivity contribution in [3.05, 3.63) is 48.4 Å². The molecule has 2 fully saturated rings. The molecule has 9 nitrogen and oxygen atoms in total. The van der Waals surface area contributed by atoms with Crippen molar-refractivity contribution in [3.8, 4) is 28.8 Å². The Kier molecular flexibility index (Phi) is 7.14. The molecule has 0 saturated carbocycles. The van der Waals surface area contributed by atoms with Crippen LogP contribution >= 0.6 is 0 Å². The number of benzene rings is 1. The van der Waals surface area contributed by atoms with E-state index in [0.29, 0.717) is 22.9 Å². The maximum Gasteiger partial charge on any atom is 0.206 e. The molecule has 1 aromatic carbocycles. The van der Waals surface area contributed by atoms with Crippen molar-refractivity contribution in [3.63, 3.8) is 0 Å². The van der Waals surface area contributed by atoms with E-state index in [1.54, 1.807) is 18.3 Å². The second kappa shape index (κ2) is 10.8. The van der Waals surface area contributed by atoms with Crippen molar-refractivity contribution in [2.75, 3.05) is 55.3 Å². The van der Waals surface area contributed by atoms with Gasteiger partial charge in [0.1, 0.15) is 11.6 Å². The van der Waals surface area contributed by atoms with Gasteiger partial charge in [0, 0.05) is 37.9 Å². The minimum Gasteiger partial charge on any atom is -0.507 e. The predicted molar refractivity (Wildman–Crippen MR) is 142 cm³/mol. The number of hydrogen-bond donors (Lipinski definition) is 2. The van der Waals surface area contributed by atoms with Gasteiger partial charge in [-0.1, -0.05) is 18.1 Å². The van der Waals surface area contributed by atoms with Gasteiger partial charge in [-0.05, 0) is 69.5 Å². The van der Waals surface area contributed by atoms with Crippen LogP contribution < -0.4 is 15.5 Å². The number of likely N-dealkylation sites (tertiary alicyclic amines) is 1. The number of phenolic OH excluding ortho intramolecular Hbond substituents is 1. The van der Waals surface area contributed by atoms with Gasteiger partial charge in [-0.3, -0.25) is 4.90 Å². The SMILES string of the molecule is CN1CCCCC1C#Cc1nccc(N2CCCN(c3cc(-c4ccccc4O)nnc3N)CC2)n1. The van der Waals surface area contributed by atoms with Crippen LogP contribution in [0.2, 0.25) is 0 Å². The first-order valence-electron chi connectivity index (χ1n) is 12.5. The molecule has 0 aliphatic carbocycles. The van der Waals surface area contributed by atoms with E-state index in [4.69, 9.17) is 10.7 Å². The van der Waals surface area contributed by atoms with Crippen LogP contribution in [0, 0.1) is 11.8 Å². The second-order valence-electron chi connectivity index (χ2n) is 9.34. The Bertz CT molecular complexity index is 1270. The van der Waals surface area contributed by atoms with Crippen LogP contribution in [-0.4, -0.2) is 76.0 Å². The molecule has 2 aromatic heterocycles. The molecule has 186 valence electrons. The third kappa shape index (κ3) is 5.34. The Morgan fingerprint density at radius 2 is 1.81 bits per heavy atom. The number of aromatic hydroxyl groups is 1. The lowest BCUT2D eigenvalue weighted by atomic mass is 10.0. The summed E-state index contributed by atoms with van der Waals surface area (Å²) in [6.07, 6.45) is 6.29. The zero-order valence-corrected chi connectivity index (χ0v) is 20.6. The molecule has 1 unspecified atom stereocenters. The van der Waals surface area contributed by atoms with Crippen LogP contribution in [0.25, 0.3) is 11.3 Å². The Labute approximate surface area is 212 Å². The van der Waals surface area contributed by atoms with Crippen LogP contribution in [-0.2, 0) is 0 Å². The minimum atomic E-state index is 0.169. The predicted octanol–water partition coefficient (Wildman–Crippen LogP) is 2.77. The monoisotopic (exact) mass is 484 g/mol. The highest BCUT2D eigenvalue weighted by Gasteiger charge is 2.21. The lowest BCUT2D eigenvalue weighted by Crippen LogP contribution is -2.35. The molecule has 2 aliphatic heterocycles. The van der Waals surface area contributed by atoms with Crippen LogP contribution in [0.5, 0.6) is 5.75 Å². The maximum atomic E-state index is 10.2. The van der Waals surface area contributed by atoms with Gasteiger partial charge in [-0.2, -0.15) is 0 Å². The quantitative estimate of drug-likeness (QED) is 0.543. The van der Waals surface area contributed by atoms with Crippen molar-refractivity contribution in [2.24, 2.45) is 0 Å². The molecule has 3 N–H and O–H groups in total. The van der Waals surface area contributed by atoms with Crippen LogP contribution in [0.4, 0.5) is 17.3 Å². The standard InChI is InChI=1S/C27H32N8O/c1-33-14-5-4-7-20(33)10-11-25-29-13-12-26(30-25)35-16-6-15-34(17-18-35)23-19-22(31-32-27(23)28)21-8-2-3-9-24(21)36/h2-3,8-9,12-13,19-20,36H,4-7,14-18H2,1H3,(H2,28,32). The molecule has 2 aliphatic rings. The molecule has 0 amide bonds. The molecule has 2 saturated heterocycles. The van der Waals surface area contributed by atoms with Gasteiger partial charge >= 0.3 is 0 Å². The molecule has 0 spiro atoms. The van der Waals surface area contributed by atoms with Gasteiger partial charge in [0.2, 0.25) is 5.82 Å². The normalized spacial score (nSPS) is 18.9. The van der Waals surface area contributed by atoms with E-state index in [0.717, 1.165) is 57.1 Å². The Morgan fingerprint density at radius 3 is 2.67 bits per heavy atom. The average molecular weight is 485 g/mol. The third-order valence-electron chi connectivity index (χ3n) is 6.90. The van der Waals surface area contributed by atoms with E-state index >= 15 is 0 Å². The molecular weight excluding hydrogens is 452 g/mol. The van der Waals surface area contributed by atoms with Gasteiger partial charge in [0.05, 0.1) is 17.4 Å². The summed E-state index contributed by atoms with van der Waals surface area (Å²) in [7, 11) is 2.13. The molecule has 4 heterocycles. The summed E-state index contributed by atoms with van der Waals surface area (Å²) in [5.41, 5.74) is 8.29. The summed E-state index contributed by atoms with van der Waals surface area (Å²) in [6, 6.07) is 11.3. The molecule has 1 atom stereocenters. The largest absolute Gasteiger partial charge is 0.507 e. The summed E-state index contributed by atoms with van der Waals surface area (Å²) in [4.78, 5) is 16.0. The van der Waals surface area contributed by atoms with E-state index < -0.39 is 0 Å². The number of hydrogen-bond acceptors (Lipinski definition) is 9. The summed E-state index contributed by atoms with van der Waals surface area (Å²) < 4.78 is 0. The fourth-order valence-corrected chi connectivity index (χ4v) is 4.84. The first-order chi connectivity index (χ1) is 17.6. The molecule has 9 heteroatoms. The average Bonchev–Trinajstić information content (AvgIpc) is 3.16. The van der Waals surface area contributed by atoms with Crippen molar-refractivity contribution in [1.29, 1.82) is 0 Å². The second-order valence-corrected chi connectivity index (χ2v) is 9.34. The molecule has 3 aromatic rings. The summed E-state index contributed by atoms with van der Waals surface area (Å²) in [6.45, 7) is 4.34. The van der Waals surface area contributed by atoms with E-state index in [1.807, 2.05) is 24.3 Å². The van der Waals surface area contributed by atoms with E-state index in [-0.39, 0.29) is 11.8 Å². The smallest absolute Gasteiger partial charge is 0.206 e. The number of para-hydroxylation sites is 1. The lowest BCUT2D eigenvalue weighted by molar-refractivity contribution is 0.229. The number of phenols is 1. The van der Waals surface area contributed by atoms with E-state index in [9.17, 15) is 5.11 Å². The number of piperidine rings is 1. The van der Waals surface area contributed by atoms with E-state index in [2.05, 4.69) is 48.8 Å². The highest BCUT2D eigenvalue weighted by Crippen LogP contribution is 2.31. The Hall–Kier alpha value is -3.90. The van der Waals surface area contributed by atoms with Gasteiger partial charge in [0.15, 0.2) is 5.82 Å². The maximum absolute atomic E-state index is 10.2. The number of rotatable bonds is 3. The first-order valence-corrected chi connectivity index (χ1v) is 12.5. The van der Waals surface area contributed by atoms with Gasteiger partial charge in [-0.15, -0.1) is 10.2 Å². The van der Waals surface area contributed by atoms with Crippen LogP contribution in [0.3, 0.4) is 0 Å². The zero-order valence-electron chi connectivity index (χ0n) is 20.6. The van der Waals surface area contributed by atoms with Crippen molar-refractivity contribution in [2.45, 2.75) is 31.7 Å². The molecule has 5 rings (SSSR count). The minimum absolute atomic E-state index is 0.169. The van der Waals surface area contributed by atoms with E-state index in [1.165, 1.54) is 12.8 Å². The summed E-state index contributed by atoms with van der Waals surface area (Å²) in [5.74, 6) is 8.59. The molecular formula is C27H32N8O. The van der Waals surface area contributed by atoms with Crippen molar-refractivity contribution < 1.29 is 5.11 Å². The number of anilines is 3. The van der Waals surface area contributed by atoms with Crippen LogP contribution in [0.15, 0.2) is 42.6 Å². The molecule has 0 bridgehead atoms. The molecule has 36 heavy (non-hydrogen) atoms. The molecule has 0 radical (unpaired) electrons. The Morgan fingerprint density at radius 1 is 0.972 bits per heavy atom. The van der Waals surface area contributed by atoms with Crippen molar-refractivity contribution in [1.82, 2.24) is 25.1 Å². The number of aromatic nitrogens is 4. The topological polar surface area (TPSA) is 108 Å². The third-order valence-corrected chi connectivity index (χ3v) is 6.90. The summed E-state index contributed by atoms with van der Waals surface area (Å²) in [5, 5.41) is 18.6. The number of nitrogens with two attached hydrogens (primary N) is 1.